The highest BCUT2D eigenvalue weighted by atomic mass is 16.1. The number of nitrogens with one attached hydrogen (secondary N) is 1. The van der Waals surface area contributed by atoms with E-state index in [1.54, 1.807) is 6.20 Å². The van der Waals surface area contributed by atoms with E-state index in [9.17, 15) is 4.79 Å². The number of anilines is 2. The van der Waals surface area contributed by atoms with E-state index in [4.69, 9.17) is 5.73 Å². The minimum atomic E-state index is -0.241. The van der Waals surface area contributed by atoms with Gasteiger partial charge in [0.25, 0.3) is 0 Å². The molecule has 0 atom stereocenters. The lowest BCUT2D eigenvalue weighted by Gasteiger charge is -2.22. The van der Waals surface area contributed by atoms with Gasteiger partial charge in [-0.3, -0.25) is 9.48 Å². The molecule has 3 rings (SSSR count). The number of pyridine rings is 1. The van der Waals surface area contributed by atoms with Crippen molar-refractivity contribution in [2.45, 2.75) is 46.2 Å². The number of nitrogens with zero attached hydrogens (tertiary/aromatic N) is 3. The molecule has 1 aromatic carbocycles. The Kier molecular flexibility index (Phi) is 5.49. The first-order valence-electron chi connectivity index (χ1n) is 9.36. The fourth-order valence-corrected chi connectivity index (χ4v) is 3.10. The number of carbonyl (C=O) groups excluding carboxylic acids is 1. The number of Topliss-reactive ketones (excluding diaryl/α,β-unsaturated/α-hetero) is 1. The molecule has 0 unspecified atom stereocenters. The fourth-order valence-electron chi connectivity index (χ4n) is 3.10. The lowest BCUT2D eigenvalue weighted by molar-refractivity contribution is 0.0975. The third kappa shape index (κ3) is 4.57. The van der Waals surface area contributed by atoms with Crippen LogP contribution in [0.15, 0.2) is 48.7 Å². The summed E-state index contributed by atoms with van der Waals surface area (Å²) >= 11 is 0. The Hall–Kier alpha value is -3.15. The molecule has 6 heteroatoms. The average molecular weight is 377 g/mol. The van der Waals surface area contributed by atoms with Gasteiger partial charge in [0, 0.05) is 19.2 Å². The molecule has 0 aliphatic rings. The maximum atomic E-state index is 12.9. The first kappa shape index (κ1) is 19.6. The molecule has 2 heterocycles. The van der Waals surface area contributed by atoms with Crippen LogP contribution in [-0.4, -0.2) is 20.5 Å². The minimum Gasteiger partial charge on any atom is -0.382 e. The van der Waals surface area contributed by atoms with Gasteiger partial charge in [-0.1, -0.05) is 24.3 Å². The summed E-state index contributed by atoms with van der Waals surface area (Å²) in [6.45, 7) is 8.67. The molecular weight excluding hydrogens is 350 g/mol. The number of nitrogens with two attached hydrogens (primary N) is 1. The zero-order chi connectivity index (χ0) is 20.3. The largest absolute Gasteiger partial charge is 0.382 e. The molecule has 0 amide bonds. The van der Waals surface area contributed by atoms with Crippen LogP contribution in [-0.2, 0) is 18.5 Å². The highest BCUT2D eigenvalue weighted by Crippen LogP contribution is 2.20. The normalized spacial score (nSPS) is 11.4. The van der Waals surface area contributed by atoms with Crippen LogP contribution in [0, 0.1) is 6.92 Å². The van der Waals surface area contributed by atoms with E-state index in [1.165, 1.54) is 0 Å². The number of aryl methyl sites for hydroxylation is 1. The summed E-state index contributed by atoms with van der Waals surface area (Å²) in [4.78, 5) is 17.0. The van der Waals surface area contributed by atoms with E-state index in [-0.39, 0.29) is 11.3 Å². The number of hydrogen-bond donors (Lipinski definition) is 2. The topological polar surface area (TPSA) is 85.8 Å². The third-order valence-electron chi connectivity index (χ3n) is 4.43. The summed E-state index contributed by atoms with van der Waals surface area (Å²) < 4.78 is 1.82. The molecule has 0 saturated heterocycles. The second-order valence-corrected chi connectivity index (χ2v) is 7.96. The molecule has 0 saturated carbocycles. The maximum Gasteiger partial charge on any atom is 0.185 e. The van der Waals surface area contributed by atoms with E-state index in [0.29, 0.717) is 24.5 Å². The molecule has 28 heavy (non-hydrogen) atoms. The van der Waals surface area contributed by atoms with Crippen molar-refractivity contribution in [1.29, 1.82) is 0 Å². The van der Waals surface area contributed by atoms with Crippen molar-refractivity contribution in [3.05, 3.63) is 71.2 Å². The summed E-state index contributed by atoms with van der Waals surface area (Å²) in [6, 6.07) is 13.6. The van der Waals surface area contributed by atoms with Gasteiger partial charge in [0.1, 0.15) is 11.5 Å². The van der Waals surface area contributed by atoms with Crippen molar-refractivity contribution >= 4 is 17.3 Å². The third-order valence-corrected chi connectivity index (χ3v) is 4.43. The van der Waals surface area contributed by atoms with Crippen LogP contribution >= 0.6 is 0 Å². The first-order chi connectivity index (χ1) is 13.2. The zero-order valence-corrected chi connectivity index (χ0v) is 16.9. The monoisotopic (exact) mass is 377 g/mol. The summed E-state index contributed by atoms with van der Waals surface area (Å²) in [5, 5.41) is 7.79. The molecule has 0 bridgehead atoms. The van der Waals surface area contributed by atoms with E-state index < -0.39 is 0 Å². The van der Waals surface area contributed by atoms with Gasteiger partial charge in [0.15, 0.2) is 5.78 Å². The van der Waals surface area contributed by atoms with E-state index in [2.05, 4.69) is 15.4 Å². The van der Waals surface area contributed by atoms with Crippen LogP contribution in [0.3, 0.4) is 0 Å². The van der Waals surface area contributed by atoms with Gasteiger partial charge in [-0.15, -0.1) is 0 Å². The van der Waals surface area contributed by atoms with Crippen molar-refractivity contribution in [3.8, 4) is 0 Å². The molecule has 0 aliphatic carbocycles. The fraction of sp³-hybridized carbons (Fsp3) is 0.318. The van der Waals surface area contributed by atoms with Gasteiger partial charge in [0.2, 0.25) is 0 Å². The van der Waals surface area contributed by atoms with Crippen LogP contribution in [0.5, 0.6) is 0 Å². The molecule has 0 radical (unpaired) electrons. The van der Waals surface area contributed by atoms with Gasteiger partial charge in [-0.2, -0.15) is 5.10 Å². The number of nitrogen functional groups attached to an aromatic ring is 1. The Morgan fingerprint density at radius 2 is 1.89 bits per heavy atom. The number of aromatic nitrogens is 3. The summed E-state index contributed by atoms with van der Waals surface area (Å²) in [5.74, 6) is 0.539. The molecule has 146 valence electrons. The molecule has 3 aromatic rings. The summed E-state index contributed by atoms with van der Waals surface area (Å²) in [6.07, 6.45) is 2.00. The van der Waals surface area contributed by atoms with Crippen molar-refractivity contribution in [2.24, 2.45) is 0 Å². The lowest BCUT2D eigenvalue weighted by atomic mass is 10.0. The second kappa shape index (κ2) is 7.84. The second-order valence-electron chi connectivity index (χ2n) is 7.96. The molecule has 6 nitrogen and oxygen atoms in total. The first-order valence-corrected chi connectivity index (χ1v) is 9.36. The summed E-state index contributed by atoms with van der Waals surface area (Å²) in [5.41, 5.74) is 9.98. The lowest BCUT2D eigenvalue weighted by Crippen LogP contribution is -2.27. The average Bonchev–Trinajstić information content (AvgIpc) is 3.04. The highest BCUT2D eigenvalue weighted by molar-refractivity contribution is 5.96. The van der Waals surface area contributed by atoms with E-state index in [1.807, 2.05) is 74.8 Å². The number of benzene rings is 1. The molecule has 0 spiro atoms. The Morgan fingerprint density at radius 3 is 2.61 bits per heavy atom. The Bertz CT molecular complexity index is 985. The summed E-state index contributed by atoms with van der Waals surface area (Å²) in [7, 11) is 0. The predicted molar refractivity (Wildman–Crippen MR) is 112 cm³/mol. The minimum absolute atomic E-state index is 0.0668. The van der Waals surface area contributed by atoms with Crippen LogP contribution < -0.4 is 11.1 Å². The predicted octanol–water partition coefficient (Wildman–Crippen LogP) is 3.96. The van der Waals surface area contributed by atoms with E-state index >= 15 is 0 Å². The van der Waals surface area contributed by atoms with Crippen molar-refractivity contribution in [3.63, 3.8) is 0 Å². The van der Waals surface area contributed by atoms with Gasteiger partial charge in [0.05, 0.1) is 16.9 Å². The van der Waals surface area contributed by atoms with Gasteiger partial charge in [-0.25, -0.2) is 4.98 Å². The molecule has 0 aliphatic heterocycles. The maximum absolute atomic E-state index is 12.9. The molecule has 0 fully saturated rings. The SMILES string of the molecule is Cc1cc(C(=O)Cc2cccc(CNc3cccnc3N)c2)n(C(C)(C)C)n1. The number of rotatable bonds is 6. The number of ketones is 1. The molecular formula is C22H27N5O. The zero-order valence-electron chi connectivity index (χ0n) is 16.9. The molecule has 2 aromatic heterocycles. The standard InChI is InChI=1S/C22H27N5O/c1-15-11-19(27(26-15)22(2,3)4)20(28)13-16-7-5-8-17(12-16)14-25-18-9-6-10-24-21(18)23/h5-12,25H,13-14H2,1-4H3,(H2,23,24). The Morgan fingerprint density at radius 1 is 1.14 bits per heavy atom. The van der Waals surface area contributed by atoms with Gasteiger partial charge >= 0.3 is 0 Å². The number of carbonyl (C=O) groups is 1. The smallest absolute Gasteiger partial charge is 0.185 e. The van der Waals surface area contributed by atoms with Gasteiger partial charge < -0.3 is 11.1 Å². The van der Waals surface area contributed by atoms with Crippen molar-refractivity contribution in [1.82, 2.24) is 14.8 Å². The van der Waals surface area contributed by atoms with Crippen molar-refractivity contribution in [2.75, 3.05) is 11.1 Å². The van der Waals surface area contributed by atoms with Crippen molar-refractivity contribution < 1.29 is 4.79 Å². The van der Waals surface area contributed by atoms with Crippen LogP contribution in [0.1, 0.15) is 48.1 Å². The molecule has 3 N–H and O–H groups in total. The van der Waals surface area contributed by atoms with Gasteiger partial charge in [-0.05, 0) is 57.0 Å². The quantitative estimate of drug-likeness (QED) is 0.635. The Labute approximate surface area is 165 Å². The van der Waals surface area contributed by atoms with Crippen LogP contribution in [0.4, 0.5) is 11.5 Å². The van der Waals surface area contributed by atoms with Crippen LogP contribution in [0.2, 0.25) is 0 Å². The van der Waals surface area contributed by atoms with E-state index in [0.717, 1.165) is 22.5 Å². The Balaban J connectivity index is 1.73. The van der Waals surface area contributed by atoms with Crippen LogP contribution in [0.25, 0.3) is 0 Å². The highest BCUT2D eigenvalue weighted by Gasteiger charge is 2.22. The number of hydrogen-bond acceptors (Lipinski definition) is 5.